The normalized spacial score (nSPS) is 17.5. The molecule has 3 heterocycles. The SMILES string of the molecule is O=c1/c(=C\c2cc(Br)ccc2O)sc2n1[C@H](c1cccs1)C1=C(N=2)c2ccccc2CC1. The number of allylic oxidation sites excluding steroid dienone is 1. The Hall–Kier alpha value is -2.74. The Morgan fingerprint density at radius 1 is 1.12 bits per heavy atom. The van der Waals surface area contributed by atoms with E-state index in [9.17, 15) is 9.90 Å². The molecule has 1 N–H and O–H groups in total. The average molecular weight is 521 g/mol. The van der Waals surface area contributed by atoms with E-state index in [0.29, 0.717) is 14.9 Å². The van der Waals surface area contributed by atoms with Crippen LogP contribution >= 0.6 is 38.6 Å². The molecule has 7 heteroatoms. The molecule has 0 saturated heterocycles. The van der Waals surface area contributed by atoms with Gasteiger partial charge in [-0.25, -0.2) is 4.99 Å². The zero-order valence-corrected chi connectivity index (χ0v) is 20.0. The maximum Gasteiger partial charge on any atom is 0.271 e. The first kappa shape index (κ1) is 19.9. The topological polar surface area (TPSA) is 54.6 Å². The summed E-state index contributed by atoms with van der Waals surface area (Å²) < 4.78 is 3.24. The first-order valence-electron chi connectivity index (χ1n) is 10.2. The van der Waals surface area contributed by atoms with E-state index in [1.807, 2.05) is 16.7 Å². The standard InChI is InChI=1S/C25H17BrN2O2S2/c26-16-8-10-19(29)15(12-16)13-21-24(30)28-23(20-6-3-11-31-20)18-9-7-14-4-1-2-5-17(14)22(18)27-25(28)32-21/h1-6,8,10-13,23,29H,7,9H2/b21-13+/t23-/m0/s1. The molecule has 6 rings (SSSR count). The molecule has 0 unspecified atom stereocenters. The van der Waals surface area contributed by atoms with Gasteiger partial charge in [0.05, 0.1) is 16.3 Å². The summed E-state index contributed by atoms with van der Waals surface area (Å²) in [6, 6.07) is 17.6. The molecule has 1 atom stereocenters. The molecule has 2 aromatic carbocycles. The largest absolute Gasteiger partial charge is 0.507 e. The minimum atomic E-state index is -0.145. The lowest BCUT2D eigenvalue weighted by molar-refractivity contribution is 0.474. The number of benzene rings is 2. The summed E-state index contributed by atoms with van der Waals surface area (Å²) >= 11 is 6.49. The van der Waals surface area contributed by atoms with Gasteiger partial charge in [0.25, 0.3) is 5.56 Å². The molecule has 1 aliphatic heterocycles. The maximum absolute atomic E-state index is 13.6. The van der Waals surface area contributed by atoms with Gasteiger partial charge < -0.3 is 5.11 Å². The van der Waals surface area contributed by atoms with Crippen LogP contribution in [0.1, 0.15) is 34.0 Å². The summed E-state index contributed by atoms with van der Waals surface area (Å²) in [5, 5.41) is 12.3. The van der Waals surface area contributed by atoms with E-state index in [1.54, 1.807) is 29.5 Å². The summed E-state index contributed by atoms with van der Waals surface area (Å²) in [6.07, 6.45) is 3.59. The third kappa shape index (κ3) is 3.15. The van der Waals surface area contributed by atoms with Gasteiger partial charge in [0.15, 0.2) is 4.80 Å². The van der Waals surface area contributed by atoms with Gasteiger partial charge in [-0.05, 0) is 59.7 Å². The number of hydrogen-bond acceptors (Lipinski definition) is 5. The molecule has 2 aliphatic rings. The number of aromatic nitrogens is 1. The van der Waals surface area contributed by atoms with Crippen LogP contribution in [0.3, 0.4) is 0 Å². The molecule has 4 aromatic rings. The summed E-state index contributed by atoms with van der Waals surface area (Å²) in [5.74, 6) is 0.141. The first-order valence-corrected chi connectivity index (χ1v) is 12.7. The molecule has 32 heavy (non-hydrogen) atoms. The molecule has 0 radical (unpaired) electrons. The van der Waals surface area contributed by atoms with Crippen molar-refractivity contribution in [3.05, 3.63) is 111 Å². The molecule has 0 amide bonds. The molecule has 158 valence electrons. The molecule has 1 aliphatic carbocycles. The van der Waals surface area contributed by atoms with Crippen molar-refractivity contribution in [2.24, 2.45) is 4.99 Å². The fourth-order valence-corrected chi connectivity index (χ4v) is 6.72. The van der Waals surface area contributed by atoms with Crippen LogP contribution in [0.15, 0.2) is 79.8 Å². The van der Waals surface area contributed by atoms with Crippen LogP contribution in [0, 0.1) is 0 Å². The molecule has 4 nitrogen and oxygen atoms in total. The second kappa shape index (κ2) is 7.69. The van der Waals surface area contributed by atoms with Gasteiger partial charge in [-0.2, -0.15) is 0 Å². The highest BCUT2D eigenvalue weighted by molar-refractivity contribution is 9.10. The van der Waals surface area contributed by atoms with Crippen molar-refractivity contribution < 1.29 is 5.11 Å². The van der Waals surface area contributed by atoms with Crippen molar-refractivity contribution in [2.75, 3.05) is 0 Å². The lowest BCUT2D eigenvalue weighted by Gasteiger charge is -2.30. The molecule has 0 spiro atoms. The Morgan fingerprint density at radius 3 is 2.84 bits per heavy atom. The Morgan fingerprint density at radius 2 is 2.00 bits per heavy atom. The fraction of sp³-hybridized carbons (Fsp3) is 0.120. The van der Waals surface area contributed by atoms with Crippen LogP contribution in [0.4, 0.5) is 0 Å². The van der Waals surface area contributed by atoms with Crippen molar-refractivity contribution in [1.29, 1.82) is 0 Å². The molecule has 0 saturated carbocycles. The van der Waals surface area contributed by atoms with Gasteiger partial charge >= 0.3 is 0 Å². The molecular formula is C25H17BrN2O2S2. The van der Waals surface area contributed by atoms with Gasteiger partial charge in [0.1, 0.15) is 5.75 Å². The van der Waals surface area contributed by atoms with Gasteiger partial charge in [0, 0.05) is 20.5 Å². The molecule has 2 aromatic heterocycles. The number of aryl methyl sites for hydroxylation is 1. The van der Waals surface area contributed by atoms with Gasteiger partial charge in [-0.1, -0.05) is 57.6 Å². The number of hydrogen-bond donors (Lipinski definition) is 1. The van der Waals surface area contributed by atoms with Crippen LogP contribution in [-0.4, -0.2) is 9.67 Å². The number of thiazole rings is 1. The lowest BCUT2D eigenvalue weighted by atomic mass is 9.85. The van der Waals surface area contributed by atoms with E-state index in [1.165, 1.54) is 22.5 Å². The van der Waals surface area contributed by atoms with E-state index < -0.39 is 0 Å². The van der Waals surface area contributed by atoms with E-state index in [2.05, 4.69) is 51.6 Å². The first-order chi connectivity index (χ1) is 15.6. The molecular weight excluding hydrogens is 504 g/mol. The van der Waals surface area contributed by atoms with E-state index in [4.69, 9.17) is 4.99 Å². The Bertz CT molecular complexity index is 1580. The highest BCUT2D eigenvalue weighted by atomic mass is 79.9. The van der Waals surface area contributed by atoms with Crippen LogP contribution in [-0.2, 0) is 6.42 Å². The number of phenolic OH excluding ortho intramolecular Hbond substituents is 1. The maximum atomic E-state index is 13.6. The van der Waals surface area contributed by atoms with Crippen LogP contribution in [0.2, 0.25) is 0 Å². The number of rotatable bonds is 2. The number of phenols is 1. The van der Waals surface area contributed by atoms with Crippen LogP contribution in [0.5, 0.6) is 5.75 Å². The second-order valence-corrected chi connectivity index (χ2v) is 10.7. The zero-order valence-electron chi connectivity index (χ0n) is 16.8. The third-order valence-corrected chi connectivity index (χ3v) is 8.36. The smallest absolute Gasteiger partial charge is 0.271 e. The summed E-state index contributed by atoms with van der Waals surface area (Å²) in [4.78, 5) is 20.5. The zero-order chi connectivity index (χ0) is 21.8. The lowest BCUT2D eigenvalue weighted by Crippen LogP contribution is -2.38. The van der Waals surface area contributed by atoms with Crippen molar-refractivity contribution in [2.45, 2.75) is 18.9 Å². The Kier molecular flexibility index (Phi) is 4.78. The van der Waals surface area contributed by atoms with Gasteiger partial charge in [-0.3, -0.25) is 9.36 Å². The highest BCUT2D eigenvalue weighted by Crippen LogP contribution is 2.42. The highest BCUT2D eigenvalue weighted by Gasteiger charge is 2.32. The predicted molar refractivity (Wildman–Crippen MR) is 133 cm³/mol. The molecule has 0 bridgehead atoms. The Balaban J connectivity index is 1.63. The van der Waals surface area contributed by atoms with E-state index >= 15 is 0 Å². The number of nitrogens with zero attached hydrogens (tertiary/aromatic N) is 2. The van der Waals surface area contributed by atoms with E-state index in [0.717, 1.165) is 33.5 Å². The van der Waals surface area contributed by atoms with Crippen molar-refractivity contribution in [3.63, 3.8) is 0 Å². The van der Waals surface area contributed by atoms with E-state index in [-0.39, 0.29) is 17.4 Å². The number of thiophene rings is 1. The summed E-state index contributed by atoms with van der Waals surface area (Å²) in [5.41, 5.74) is 5.21. The van der Waals surface area contributed by atoms with Crippen LogP contribution in [0.25, 0.3) is 11.8 Å². The average Bonchev–Trinajstić information content (AvgIpc) is 3.43. The Labute approximate surface area is 200 Å². The summed E-state index contributed by atoms with van der Waals surface area (Å²) in [7, 11) is 0. The fourth-order valence-electron chi connectivity index (χ4n) is 4.50. The van der Waals surface area contributed by atoms with Crippen molar-refractivity contribution in [3.8, 4) is 5.75 Å². The number of fused-ring (bicyclic) bond motifs is 3. The van der Waals surface area contributed by atoms with Gasteiger partial charge in [-0.15, -0.1) is 11.3 Å². The third-order valence-electron chi connectivity index (χ3n) is 5.96. The minimum absolute atomic E-state index is 0.0723. The second-order valence-electron chi connectivity index (χ2n) is 7.83. The van der Waals surface area contributed by atoms with Crippen molar-refractivity contribution in [1.82, 2.24) is 4.57 Å². The monoisotopic (exact) mass is 520 g/mol. The number of halogens is 1. The minimum Gasteiger partial charge on any atom is -0.507 e. The molecule has 0 fully saturated rings. The van der Waals surface area contributed by atoms with Gasteiger partial charge in [0.2, 0.25) is 0 Å². The van der Waals surface area contributed by atoms with Crippen LogP contribution < -0.4 is 14.9 Å². The predicted octanol–water partition coefficient (Wildman–Crippen LogP) is 4.85. The summed E-state index contributed by atoms with van der Waals surface area (Å²) in [6.45, 7) is 0. The number of aromatic hydroxyl groups is 1. The quantitative estimate of drug-likeness (QED) is 0.410. The van der Waals surface area contributed by atoms with Crippen molar-refractivity contribution >= 4 is 50.4 Å².